The van der Waals surface area contributed by atoms with E-state index in [1.165, 1.54) is 18.3 Å². The Balaban J connectivity index is 2.39. The minimum atomic E-state index is -4.59. The van der Waals surface area contributed by atoms with Crippen molar-refractivity contribution in [2.24, 2.45) is 26.1 Å². The van der Waals surface area contributed by atoms with Gasteiger partial charge in [0.15, 0.2) is 22.3 Å². The van der Waals surface area contributed by atoms with Crippen LogP contribution in [0.5, 0.6) is 0 Å². The zero-order valence-corrected chi connectivity index (χ0v) is 17.1. The Morgan fingerprint density at radius 2 is 1.87 bits per heavy atom. The number of nitrogens with two attached hydrogens (primary N) is 3. The van der Waals surface area contributed by atoms with Gasteiger partial charge in [0.25, 0.3) is 0 Å². The number of amidine groups is 1. The highest BCUT2D eigenvalue weighted by molar-refractivity contribution is 7.93. The van der Waals surface area contributed by atoms with Crippen molar-refractivity contribution >= 4 is 31.5 Å². The van der Waals surface area contributed by atoms with Crippen LogP contribution in [0.4, 0.5) is 5.82 Å². The molecule has 14 heteroatoms. The largest absolute Gasteiger partial charge is 0.391 e. The van der Waals surface area contributed by atoms with Gasteiger partial charge in [0.1, 0.15) is 10.7 Å². The van der Waals surface area contributed by atoms with E-state index >= 15 is 0 Å². The first-order valence-corrected chi connectivity index (χ1v) is 11.7. The van der Waals surface area contributed by atoms with Crippen LogP contribution in [-0.4, -0.2) is 57.8 Å². The lowest BCUT2D eigenvalue weighted by atomic mass is 10.00. The van der Waals surface area contributed by atoms with Gasteiger partial charge in [-0.05, 0) is 23.8 Å². The molecular weight excluding hydrogens is 434 g/mol. The van der Waals surface area contributed by atoms with Gasteiger partial charge in [0, 0.05) is 18.3 Å². The molecule has 0 saturated heterocycles. The number of hydrogen-bond acceptors (Lipinski definition) is 11. The van der Waals surface area contributed by atoms with Crippen LogP contribution >= 0.6 is 0 Å². The predicted octanol–water partition coefficient (Wildman–Crippen LogP) is -0.759. The standard InChI is InChI=1S/C16H19N7O5S2/c17-5-10(24)7-29(25,26)12-3-2-11(9-1-4-13(18)20-6-9)14(15(12)30(19,27)28)16-21-8-22-23-16/h1-4,6,10,24H,5,7-8,17H2,(H2,18,20)(H2,19,27,28)/t10-/m1/s1. The number of hydrogen-bond donors (Lipinski definition) is 4. The van der Waals surface area contributed by atoms with Gasteiger partial charge >= 0.3 is 0 Å². The number of sulfone groups is 1. The van der Waals surface area contributed by atoms with Gasteiger partial charge < -0.3 is 16.6 Å². The molecule has 7 N–H and O–H groups in total. The van der Waals surface area contributed by atoms with Crippen LogP contribution in [0.15, 0.2) is 55.5 Å². The molecule has 0 unspecified atom stereocenters. The van der Waals surface area contributed by atoms with Crippen LogP contribution in [0.25, 0.3) is 11.1 Å². The van der Waals surface area contributed by atoms with E-state index in [4.69, 9.17) is 16.6 Å². The Bertz CT molecular complexity index is 1240. The number of azo groups is 1. The summed E-state index contributed by atoms with van der Waals surface area (Å²) < 4.78 is 50.8. The zero-order chi connectivity index (χ0) is 22.1. The zero-order valence-electron chi connectivity index (χ0n) is 15.5. The van der Waals surface area contributed by atoms with Crippen LogP contribution < -0.4 is 16.6 Å². The number of sulfonamides is 1. The van der Waals surface area contributed by atoms with Crippen molar-refractivity contribution in [1.82, 2.24) is 4.98 Å². The number of aliphatic hydroxyl groups is 1. The summed E-state index contributed by atoms with van der Waals surface area (Å²) in [6, 6.07) is 5.55. The Morgan fingerprint density at radius 1 is 1.13 bits per heavy atom. The normalized spacial score (nSPS) is 15.2. The first-order valence-electron chi connectivity index (χ1n) is 8.49. The number of benzene rings is 1. The van der Waals surface area contributed by atoms with Crippen molar-refractivity contribution in [2.75, 3.05) is 24.7 Å². The average molecular weight is 454 g/mol. The Hall–Kier alpha value is -2.78. The first kappa shape index (κ1) is 21.9. The quantitative estimate of drug-likeness (QED) is 0.416. The lowest BCUT2D eigenvalue weighted by molar-refractivity contribution is 0.205. The Kier molecular flexibility index (Phi) is 5.96. The summed E-state index contributed by atoms with van der Waals surface area (Å²) in [5, 5.41) is 22.7. The van der Waals surface area contributed by atoms with E-state index in [-0.39, 0.29) is 36.0 Å². The maximum atomic E-state index is 12.9. The molecule has 3 rings (SSSR count). The van der Waals surface area contributed by atoms with Crippen LogP contribution in [0.1, 0.15) is 5.56 Å². The monoisotopic (exact) mass is 453 g/mol. The lowest BCUT2D eigenvalue weighted by Gasteiger charge is -2.17. The fourth-order valence-corrected chi connectivity index (χ4v) is 5.93. The molecule has 0 bridgehead atoms. The van der Waals surface area contributed by atoms with E-state index in [0.29, 0.717) is 5.56 Å². The van der Waals surface area contributed by atoms with E-state index in [9.17, 15) is 21.9 Å². The molecule has 1 aliphatic rings. The number of anilines is 1. The molecule has 0 radical (unpaired) electrons. The van der Waals surface area contributed by atoms with Crippen molar-refractivity contribution in [3.05, 3.63) is 36.0 Å². The van der Waals surface area contributed by atoms with Crippen LogP contribution in [0, 0.1) is 0 Å². The van der Waals surface area contributed by atoms with E-state index in [1.807, 2.05) is 0 Å². The maximum absolute atomic E-state index is 12.9. The van der Waals surface area contributed by atoms with Crippen molar-refractivity contribution in [3.8, 4) is 11.1 Å². The Morgan fingerprint density at radius 3 is 2.40 bits per heavy atom. The molecule has 1 atom stereocenters. The minimum Gasteiger partial charge on any atom is -0.391 e. The summed E-state index contributed by atoms with van der Waals surface area (Å²) in [4.78, 5) is 6.73. The number of nitrogens with zero attached hydrogens (tertiary/aromatic N) is 4. The van der Waals surface area contributed by atoms with Crippen molar-refractivity contribution < 1.29 is 21.9 Å². The number of aliphatic imine (C=N–C) groups is 1. The van der Waals surface area contributed by atoms with E-state index in [1.54, 1.807) is 6.07 Å². The fourth-order valence-electron chi connectivity index (χ4n) is 2.89. The van der Waals surface area contributed by atoms with Gasteiger partial charge in [-0.1, -0.05) is 6.07 Å². The van der Waals surface area contributed by atoms with Gasteiger partial charge in [-0.3, -0.25) is 0 Å². The number of primary sulfonamides is 1. The predicted molar refractivity (Wildman–Crippen MR) is 109 cm³/mol. The second-order valence-corrected chi connectivity index (χ2v) is 9.87. The molecule has 0 spiro atoms. The SMILES string of the molecule is NC[C@@H](O)CS(=O)(=O)c1ccc(-c2ccc(N)nc2)c(C2=NCN=N2)c1S(N)(=O)=O. The van der Waals surface area contributed by atoms with Gasteiger partial charge in [0.2, 0.25) is 10.0 Å². The van der Waals surface area contributed by atoms with Crippen LogP contribution in [0.2, 0.25) is 0 Å². The molecule has 2 heterocycles. The molecule has 0 aliphatic carbocycles. The van der Waals surface area contributed by atoms with Crippen molar-refractivity contribution in [1.29, 1.82) is 0 Å². The van der Waals surface area contributed by atoms with E-state index < -0.39 is 41.5 Å². The number of aliphatic hydroxyl groups excluding tert-OH is 1. The molecule has 0 fully saturated rings. The third-order valence-electron chi connectivity index (χ3n) is 4.20. The lowest BCUT2D eigenvalue weighted by Crippen LogP contribution is -2.30. The first-order chi connectivity index (χ1) is 14.0. The summed E-state index contributed by atoms with van der Waals surface area (Å²) in [6.45, 7) is -0.380. The summed E-state index contributed by atoms with van der Waals surface area (Å²) in [7, 11) is -8.88. The molecule has 0 saturated carbocycles. The summed E-state index contributed by atoms with van der Waals surface area (Å²) in [5.74, 6) is -0.649. The number of nitrogen functional groups attached to an aromatic ring is 1. The van der Waals surface area contributed by atoms with Gasteiger partial charge in [-0.25, -0.2) is 32.0 Å². The molecule has 12 nitrogen and oxygen atoms in total. The van der Waals surface area contributed by atoms with Crippen LogP contribution in [-0.2, 0) is 19.9 Å². The van der Waals surface area contributed by atoms with Crippen molar-refractivity contribution in [3.63, 3.8) is 0 Å². The average Bonchev–Trinajstić information content (AvgIpc) is 3.21. The molecule has 1 aromatic carbocycles. The van der Waals surface area contributed by atoms with Crippen LogP contribution in [0.3, 0.4) is 0 Å². The summed E-state index contributed by atoms with van der Waals surface area (Å²) >= 11 is 0. The highest BCUT2D eigenvalue weighted by Gasteiger charge is 2.33. The van der Waals surface area contributed by atoms with E-state index in [2.05, 4.69) is 20.2 Å². The van der Waals surface area contributed by atoms with E-state index in [0.717, 1.165) is 6.07 Å². The highest BCUT2D eigenvalue weighted by Crippen LogP contribution is 2.35. The number of aromatic nitrogens is 1. The number of pyridine rings is 1. The second kappa shape index (κ2) is 8.16. The fraction of sp³-hybridized carbons (Fsp3) is 0.250. The second-order valence-electron chi connectivity index (χ2n) is 6.37. The molecule has 2 aromatic rings. The minimum absolute atomic E-state index is 0.0539. The highest BCUT2D eigenvalue weighted by atomic mass is 32.2. The van der Waals surface area contributed by atoms with Gasteiger partial charge in [0.05, 0.1) is 22.3 Å². The third-order valence-corrected chi connectivity index (χ3v) is 7.15. The Labute approximate surface area is 172 Å². The topological polar surface area (TPSA) is 217 Å². The number of rotatable bonds is 7. The smallest absolute Gasteiger partial charge is 0.240 e. The molecule has 1 aliphatic heterocycles. The third kappa shape index (κ3) is 4.36. The molecule has 0 amide bonds. The van der Waals surface area contributed by atoms with Crippen molar-refractivity contribution in [2.45, 2.75) is 15.9 Å². The molecular formula is C16H19N7O5S2. The summed E-state index contributed by atoms with van der Waals surface area (Å²) in [5.41, 5.74) is 11.5. The van der Waals surface area contributed by atoms with Gasteiger partial charge in [-0.15, -0.1) is 5.11 Å². The molecule has 30 heavy (non-hydrogen) atoms. The molecule has 1 aromatic heterocycles. The maximum Gasteiger partial charge on any atom is 0.240 e. The van der Waals surface area contributed by atoms with Gasteiger partial charge in [-0.2, -0.15) is 5.11 Å². The molecule has 160 valence electrons. The summed E-state index contributed by atoms with van der Waals surface area (Å²) in [6.07, 6.45) is -0.00338.